The number of aromatic nitrogens is 2. The summed E-state index contributed by atoms with van der Waals surface area (Å²) in [6.07, 6.45) is -3.09. The number of hydrogen-bond donors (Lipinski definition) is 2. The van der Waals surface area contributed by atoms with E-state index in [-0.39, 0.29) is 42.8 Å². The number of nitrogens with zero attached hydrogens (tertiary/aromatic N) is 3. The molecule has 0 bridgehead atoms. The van der Waals surface area contributed by atoms with Crippen LogP contribution in [0.5, 0.6) is 0 Å². The standard InChI is InChI=1S/C28H32F3N5O4/c1-17-5-7-18(8-6-17)14-34-25(38)20-13-19-21(35-12-11-32-22(15-35)28(29,30)31)9-10-33-24(19)36(26(20)39)16-23(37)40-27(2,3)4/h5-10,13,22,32H,11-12,14-16H2,1-4H3,(H,34,38). The van der Waals surface area contributed by atoms with E-state index in [1.54, 1.807) is 20.8 Å². The van der Waals surface area contributed by atoms with Crippen molar-refractivity contribution in [1.82, 2.24) is 20.2 Å². The van der Waals surface area contributed by atoms with Crippen LogP contribution in [0.3, 0.4) is 0 Å². The smallest absolute Gasteiger partial charge is 0.405 e. The molecule has 0 saturated carbocycles. The first kappa shape index (κ1) is 29.1. The predicted molar refractivity (Wildman–Crippen MR) is 144 cm³/mol. The molecule has 0 radical (unpaired) electrons. The van der Waals surface area contributed by atoms with Gasteiger partial charge in [-0.25, -0.2) is 4.98 Å². The number of halogens is 3. The minimum atomic E-state index is -4.46. The first-order chi connectivity index (χ1) is 18.7. The number of benzene rings is 1. The Morgan fingerprint density at radius 3 is 2.50 bits per heavy atom. The van der Waals surface area contributed by atoms with E-state index >= 15 is 0 Å². The zero-order chi connectivity index (χ0) is 29.2. The van der Waals surface area contributed by atoms with Gasteiger partial charge >= 0.3 is 12.1 Å². The Hall–Kier alpha value is -3.93. The van der Waals surface area contributed by atoms with Crippen LogP contribution in [0.2, 0.25) is 0 Å². The number of carbonyl (C=O) groups is 2. The van der Waals surface area contributed by atoms with E-state index in [4.69, 9.17) is 4.74 Å². The van der Waals surface area contributed by atoms with Gasteiger partial charge in [0.15, 0.2) is 0 Å². The van der Waals surface area contributed by atoms with E-state index in [1.165, 1.54) is 23.2 Å². The van der Waals surface area contributed by atoms with Crippen LogP contribution >= 0.6 is 0 Å². The molecule has 1 fully saturated rings. The molecular formula is C28H32F3N5O4. The van der Waals surface area contributed by atoms with Crippen molar-refractivity contribution in [3.8, 4) is 0 Å². The third kappa shape index (κ3) is 6.79. The molecule has 0 spiro atoms. The largest absolute Gasteiger partial charge is 0.459 e. The number of nitrogens with one attached hydrogen (secondary N) is 2. The maximum Gasteiger partial charge on any atom is 0.405 e. The van der Waals surface area contributed by atoms with Crippen molar-refractivity contribution in [2.45, 2.75) is 58.6 Å². The average Bonchev–Trinajstić information content (AvgIpc) is 2.88. The Labute approximate surface area is 229 Å². The molecule has 214 valence electrons. The van der Waals surface area contributed by atoms with Gasteiger partial charge in [0.2, 0.25) is 0 Å². The first-order valence-corrected chi connectivity index (χ1v) is 12.9. The zero-order valence-corrected chi connectivity index (χ0v) is 22.8. The number of anilines is 1. The normalized spacial score (nSPS) is 16.2. The lowest BCUT2D eigenvalue weighted by Crippen LogP contribution is -2.57. The maximum absolute atomic E-state index is 13.5. The van der Waals surface area contributed by atoms with Gasteiger partial charge in [0.1, 0.15) is 29.4 Å². The second-order valence-corrected chi connectivity index (χ2v) is 10.8. The van der Waals surface area contributed by atoms with E-state index in [2.05, 4.69) is 15.6 Å². The summed E-state index contributed by atoms with van der Waals surface area (Å²) >= 11 is 0. The summed E-state index contributed by atoms with van der Waals surface area (Å²) in [5.74, 6) is -1.41. The molecule has 2 aromatic heterocycles. The van der Waals surface area contributed by atoms with Gasteiger partial charge in [-0.1, -0.05) is 29.8 Å². The molecule has 1 aliphatic heterocycles. The Kier molecular flexibility index (Phi) is 8.20. The van der Waals surface area contributed by atoms with E-state index in [0.29, 0.717) is 5.69 Å². The minimum absolute atomic E-state index is 0.0607. The summed E-state index contributed by atoms with van der Waals surface area (Å²) in [7, 11) is 0. The molecule has 1 amide bonds. The first-order valence-electron chi connectivity index (χ1n) is 12.9. The average molecular weight is 560 g/mol. The highest BCUT2D eigenvalue weighted by atomic mass is 19.4. The molecule has 9 nitrogen and oxygen atoms in total. The topological polar surface area (TPSA) is 106 Å². The lowest BCUT2D eigenvalue weighted by Gasteiger charge is -2.36. The molecule has 2 N–H and O–H groups in total. The zero-order valence-electron chi connectivity index (χ0n) is 22.8. The van der Waals surface area contributed by atoms with Gasteiger partial charge < -0.3 is 20.3 Å². The molecule has 1 aromatic carbocycles. The number of alkyl halides is 3. The van der Waals surface area contributed by atoms with Crippen LogP contribution in [0.25, 0.3) is 11.0 Å². The highest BCUT2D eigenvalue weighted by molar-refractivity contribution is 6.00. The van der Waals surface area contributed by atoms with E-state index < -0.39 is 41.8 Å². The van der Waals surface area contributed by atoms with Crippen LogP contribution in [0.4, 0.5) is 18.9 Å². The summed E-state index contributed by atoms with van der Waals surface area (Å²) < 4.78 is 46.9. The molecule has 0 aliphatic carbocycles. The van der Waals surface area contributed by atoms with Crippen LogP contribution < -0.4 is 21.1 Å². The molecule has 1 saturated heterocycles. The summed E-state index contributed by atoms with van der Waals surface area (Å²) in [6.45, 7) is 6.55. The second-order valence-electron chi connectivity index (χ2n) is 10.8. The van der Waals surface area contributed by atoms with Crippen LogP contribution in [0.1, 0.15) is 42.3 Å². The number of pyridine rings is 2. The number of rotatable bonds is 6. The van der Waals surface area contributed by atoms with Crippen LogP contribution in [-0.4, -0.2) is 58.9 Å². The number of carbonyl (C=O) groups excluding carboxylic acids is 2. The van der Waals surface area contributed by atoms with Crippen molar-refractivity contribution in [3.05, 3.63) is 69.6 Å². The number of amides is 1. The Morgan fingerprint density at radius 1 is 1.15 bits per heavy atom. The summed E-state index contributed by atoms with van der Waals surface area (Å²) in [6, 6.07) is 8.60. The van der Waals surface area contributed by atoms with Gasteiger partial charge in [-0.2, -0.15) is 13.2 Å². The molecule has 1 aliphatic rings. The Balaban J connectivity index is 1.77. The minimum Gasteiger partial charge on any atom is -0.459 e. The summed E-state index contributed by atoms with van der Waals surface area (Å²) in [4.78, 5) is 45.3. The van der Waals surface area contributed by atoms with Crippen molar-refractivity contribution in [3.63, 3.8) is 0 Å². The highest BCUT2D eigenvalue weighted by Crippen LogP contribution is 2.30. The third-order valence-corrected chi connectivity index (χ3v) is 6.40. The van der Waals surface area contributed by atoms with Crippen molar-refractivity contribution in [2.75, 3.05) is 24.5 Å². The highest BCUT2D eigenvalue weighted by Gasteiger charge is 2.42. The summed E-state index contributed by atoms with van der Waals surface area (Å²) in [5, 5.41) is 5.47. The van der Waals surface area contributed by atoms with Gasteiger partial charge in [0, 0.05) is 43.4 Å². The van der Waals surface area contributed by atoms with Crippen LogP contribution in [0, 0.1) is 6.92 Å². The lowest BCUT2D eigenvalue weighted by atomic mass is 10.1. The lowest BCUT2D eigenvalue weighted by molar-refractivity contribution is -0.156. The second kappa shape index (κ2) is 11.3. The fourth-order valence-electron chi connectivity index (χ4n) is 4.51. The Bertz CT molecular complexity index is 1460. The molecule has 3 aromatic rings. The number of aryl methyl sites for hydroxylation is 1. The number of piperazine rings is 1. The van der Waals surface area contributed by atoms with Gasteiger partial charge in [0.05, 0.1) is 0 Å². The van der Waals surface area contributed by atoms with Gasteiger partial charge in [-0.15, -0.1) is 0 Å². The number of ether oxygens (including phenoxy) is 1. The molecule has 40 heavy (non-hydrogen) atoms. The van der Waals surface area contributed by atoms with E-state index in [9.17, 15) is 27.6 Å². The molecule has 4 rings (SSSR count). The van der Waals surface area contributed by atoms with Crippen molar-refractivity contribution in [2.24, 2.45) is 0 Å². The quantitative estimate of drug-likeness (QED) is 0.447. The van der Waals surface area contributed by atoms with Gasteiger partial charge in [0.25, 0.3) is 11.5 Å². The van der Waals surface area contributed by atoms with Crippen molar-refractivity contribution < 1.29 is 27.5 Å². The molecule has 1 unspecified atom stereocenters. The van der Waals surface area contributed by atoms with Gasteiger partial charge in [-0.3, -0.25) is 19.0 Å². The fraction of sp³-hybridized carbons (Fsp3) is 0.429. The maximum atomic E-state index is 13.5. The van der Waals surface area contributed by atoms with Crippen LogP contribution in [0.15, 0.2) is 47.4 Å². The number of esters is 1. The molecule has 12 heteroatoms. The van der Waals surface area contributed by atoms with Crippen molar-refractivity contribution in [1.29, 1.82) is 0 Å². The number of fused-ring (bicyclic) bond motifs is 1. The monoisotopic (exact) mass is 559 g/mol. The fourth-order valence-corrected chi connectivity index (χ4v) is 4.51. The Morgan fingerprint density at radius 2 is 1.85 bits per heavy atom. The SMILES string of the molecule is Cc1ccc(CNC(=O)c2cc3c(N4CCNC(C(F)(F)F)C4)ccnc3n(CC(=O)OC(C)(C)C)c2=O)cc1. The summed E-state index contributed by atoms with van der Waals surface area (Å²) in [5.41, 5.74) is 0.436. The van der Waals surface area contributed by atoms with Gasteiger partial charge in [-0.05, 0) is 45.4 Å². The number of hydrogen-bond acceptors (Lipinski definition) is 7. The van der Waals surface area contributed by atoms with E-state index in [0.717, 1.165) is 15.7 Å². The van der Waals surface area contributed by atoms with E-state index in [1.807, 2.05) is 31.2 Å². The predicted octanol–water partition coefficient (Wildman–Crippen LogP) is 3.32. The molecule has 3 heterocycles. The molecule has 1 atom stereocenters. The molecular weight excluding hydrogens is 527 g/mol. The third-order valence-electron chi connectivity index (χ3n) is 6.40. The van der Waals surface area contributed by atoms with Crippen LogP contribution in [-0.2, 0) is 22.6 Å². The van der Waals surface area contributed by atoms with Crippen molar-refractivity contribution >= 4 is 28.6 Å².